The molecule has 35 heavy (non-hydrogen) atoms. The van der Waals surface area contributed by atoms with E-state index in [1.54, 1.807) is 4.57 Å². The number of rotatable bonds is 4. The number of thiazole rings is 1. The number of hydrogen-bond donors (Lipinski definition) is 1. The van der Waals surface area contributed by atoms with Gasteiger partial charge in [-0.3, -0.25) is 19.1 Å². The molecule has 3 aliphatic rings. The molecule has 1 aliphatic heterocycles. The van der Waals surface area contributed by atoms with E-state index in [0.717, 1.165) is 32.3 Å². The number of amides is 1. The molecule has 7 rings (SSSR count). The lowest BCUT2D eigenvalue weighted by molar-refractivity contribution is -0.116. The Bertz CT molecular complexity index is 1500. The van der Waals surface area contributed by atoms with Crippen LogP contribution >= 0.6 is 23.1 Å². The Morgan fingerprint density at radius 3 is 2.77 bits per heavy atom. The van der Waals surface area contributed by atoms with Crippen LogP contribution in [0.5, 0.6) is 0 Å². The van der Waals surface area contributed by atoms with E-state index in [1.165, 1.54) is 36.2 Å². The van der Waals surface area contributed by atoms with Crippen molar-refractivity contribution in [2.45, 2.75) is 42.0 Å². The quantitative estimate of drug-likeness (QED) is 0.388. The molecule has 5 nitrogen and oxygen atoms in total. The summed E-state index contributed by atoms with van der Waals surface area (Å²) in [5, 5.41) is 6.72. The Morgan fingerprint density at radius 2 is 1.91 bits per heavy atom. The van der Waals surface area contributed by atoms with Gasteiger partial charge in [-0.1, -0.05) is 47.7 Å². The Balaban J connectivity index is 1.22. The zero-order valence-electron chi connectivity index (χ0n) is 19.1. The predicted molar refractivity (Wildman–Crippen MR) is 141 cm³/mol. The monoisotopic (exact) mass is 499 g/mol. The first-order chi connectivity index (χ1) is 17.2. The van der Waals surface area contributed by atoms with Crippen LogP contribution in [0.1, 0.15) is 35.6 Å². The molecule has 0 radical (unpaired) electrons. The van der Waals surface area contributed by atoms with Crippen LogP contribution in [0.3, 0.4) is 0 Å². The zero-order chi connectivity index (χ0) is 23.5. The molecule has 1 N–H and O–H groups in total. The second-order valence-electron chi connectivity index (χ2n) is 9.99. The highest BCUT2D eigenvalue weighted by atomic mass is 32.2. The van der Waals surface area contributed by atoms with E-state index in [1.807, 2.05) is 66.6 Å². The molecule has 7 heteroatoms. The normalized spacial score (nSPS) is 26.5. The number of carbonyl (C=O) groups is 1. The molecule has 2 aromatic carbocycles. The van der Waals surface area contributed by atoms with Gasteiger partial charge in [0.05, 0.1) is 5.03 Å². The third kappa shape index (κ3) is 3.55. The fourth-order valence-corrected chi connectivity index (χ4v) is 9.78. The summed E-state index contributed by atoms with van der Waals surface area (Å²) in [6.07, 6.45) is 7.65. The molecule has 3 heterocycles. The number of aromatic nitrogens is 2. The maximum atomic E-state index is 13.2. The molecule has 1 amide bonds. The topological polar surface area (TPSA) is 64.0 Å². The predicted octanol–water partition coefficient (Wildman–Crippen LogP) is 5.75. The molecule has 0 saturated heterocycles. The number of thioether (sulfide) groups is 1. The van der Waals surface area contributed by atoms with Crippen molar-refractivity contribution in [2.75, 3.05) is 5.32 Å². The van der Waals surface area contributed by atoms with Gasteiger partial charge in [0.2, 0.25) is 5.91 Å². The highest BCUT2D eigenvalue weighted by Crippen LogP contribution is 2.63. The summed E-state index contributed by atoms with van der Waals surface area (Å²) in [7, 11) is 0. The van der Waals surface area contributed by atoms with Crippen LogP contribution in [-0.4, -0.2) is 20.7 Å². The Kier molecular flexibility index (Phi) is 5.10. The lowest BCUT2D eigenvalue weighted by Gasteiger charge is -2.40. The molecular weight excluding hydrogens is 474 g/mol. The summed E-state index contributed by atoms with van der Waals surface area (Å²) < 4.78 is 1.71. The van der Waals surface area contributed by atoms with Crippen molar-refractivity contribution in [1.82, 2.24) is 9.55 Å². The van der Waals surface area contributed by atoms with Crippen LogP contribution in [0.4, 0.5) is 5.69 Å². The van der Waals surface area contributed by atoms with Gasteiger partial charge in [0.25, 0.3) is 0 Å². The SMILES string of the molecule is O=C(Cn1c2c(sc1=O)[C@@H](c1cccnc1)C1C3CCC(C3)C1S2)Nc1ccc2ccccc2c1. The van der Waals surface area contributed by atoms with Crippen LogP contribution in [-0.2, 0) is 11.3 Å². The maximum absolute atomic E-state index is 13.2. The first-order valence-corrected chi connectivity index (χ1v) is 13.9. The van der Waals surface area contributed by atoms with Crippen molar-refractivity contribution in [2.24, 2.45) is 17.8 Å². The molecule has 2 bridgehead atoms. The van der Waals surface area contributed by atoms with Gasteiger partial charge < -0.3 is 5.32 Å². The number of carbonyl (C=O) groups excluding carboxylic acids is 1. The third-order valence-corrected chi connectivity index (χ3v) is 10.9. The van der Waals surface area contributed by atoms with Crippen LogP contribution < -0.4 is 10.2 Å². The van der Waals surface area contributed by atoms with Gasteiger partial charge in [-0.15, -0.1) is 11.8 Å². The standard InChI is InChI=1S/C28H25N3O2S2/c32-22(30-21-10-9-16-4-1-2-5-17(16)13-21)15-31-27-26(35-28(31)33)24(20-6-3-11-29-14-20)23-18-7-8-19(12-18)25(23)34-27/h1-6,9-11,13-14,18-19,23-25H,7-8,12,15H2,(H,30,32)/t18?,19?,23?,24-,25?/m0/s1. The summed E-state index contributed by atoms with van der Waals surface area (Å²) in [6, 6.07) is 18.1. The minimum absolute atomic E-state index is 0.0374. The highest BCUT2D eigenvalue weighted by Gasteiger charge is 2.55. The number of anilines is 1. The summed E-state index contributed by atoms with van der Waals surface area (Å²) in [5.74, 6) is 2.00. The van der Waals surface area contributed by atoms with E-state index in [9.17, 15) is 9.59 Å². The second-order valence-corrected chi connectivity index (χ2v) is 12.2. The first-order valence-electron chi connectivity index (χ1n) is 12.2. The molecule has 0 spiro atoms. The fourth-order valence-electron chi connectivity index (χ4n) is 6.63. The molecule has 2 aromatic heterocycles. The molecule has 4 unspecified atom stereocenters. The fraction of sp³-hybridized carbons (Fsp3) is 0.321. The van der Waals surface area contributed by atoms with Crippen LogP contribution in [0.2, 0.25) is 0 Å². The Morgan fingerprint density at radius 1 is 1.06 bits per heavy atom. The van der Waals surface area contributed by atoms with Crippen LogP contribution in [0.15, 0.2) is 76.8 Å². The molecular formula is C28H25N3O2S2. The molecule has 4 aromatic rings. The number of nitrogens with zero attached hydrogens (tertiary/aromatic N) is 2. The number of benzene rings is 2. The lowest BCUT2D eigenvalue weighted by atomic mass is 9.75. The van der Waals surface area contributed by atoms with E-state index in [-0.39, 0.29) is 23.2 Å². The molecule has 2 aliphatic carbocycles. The number of hydrogen-bond acceptors (Lipinski definition) is 5. The minimum Gasteiger partial charge on any atom is -0.325 e. The number of pyridine rings is 1. The van der Waals surface area contributed by atoms with E-state index in [2.05, 4.69) is 22.4 Å². The number of nitrogens with one attached hydrogen (secondary N) is 1. The van der Waals surface area contributed by atoms with Crippen molar-refractivity contribution < 1.29 is 4.79 Å². The van der Waals surface area contributed by atoms with Crippen LogP contribution in [0.25, 0.3) is 10.8 Å². The largest absolute Gasteiger partial charge is 0.325 e. The van der Waals surface area contributed by atoms with Crippen molar-refractivity contribution in [3.8, 4) is 0 Å². The van der Waals surface area contributed by atoms with Crippen molar-refractivity contribution in [3.63, 3.8) is 0 Å². The minimum atomic E-state index is -0.170. The van der Waals surface area contributed by atoms with E-state index >= 15 is 0 Å². The van der Waals surface area contributed by atoms with E-state index in [4.69, 9.17) is 0 Å². The Labute approximate surface area is 211 Å². The maximum Gasteiger partial charge on any atom is 0.308 e. The molecule has 5 atom stereocenters. The Hall–Kier alpha value is -2.90. The lowest BCUT2D eigenvalue weighted by Crippen LogP contribution is -2.34. The van der Waals surface area contributed by atoms with Gasteiger partial charge in [0.15, 0.2) is 0 Å². The van der Waals surface area contributed by atoms with Gasteiger partial charge in [-0.25, -0.2) is 0 Å². The summed E-state index contributed by atoms with van der Waals surface area (Å²) in [5.41, 5.74) is 1.95. The molecule has 2 fully saturated rings. The molecule has 2 saturated carbocycles. The molecule has 176 valence electrons. The van der Waals surface area contributed by atoms with Gasteiger partial charge in [-0.2, -0.15) is 0 Å². The second kappa shape index (κ2) is 8.35. The van der Waals surface area contributed by atoms with Crippen molar-refractivity contribution in [3.05, 3.63) is 87.1 Å². The average Bonchev–Trinajstić information content (AvgIpc) is 3.57. The first kappa shape index (κ1) is 21.4. The van der Waals surface area contributed by atoms with Gasteiger partial charge in [-0.05, 0) is 71.6 Å². The smallest absolute Gasteiger partial charge is 0.308 e. The van der Waals surface area contributed by atoms with E-state index < -0.39 is 0 Å². The van der Waals surface area contributed by atoms with Crippen molar-refractivity contribution in [1.29, 1.82) is 0 Å². The summed E-state index contributed by atoms with van der Waals surface area (Å²) in [4.78, 5) is 31.8. The average molecular weight is 500 g/mol. The van der Waals surface area contributed by atoms with Gasteiger partial charge in [0.1, 0.15) is 6.54 Å². The number of fused-ring (bicyclic) bond motifs is 7. The highest BCUT2D eigenvalue weighted by molar-refractivity contribution is 8.00. The summed E-state index contributed by atoms with van der Waals surface area (Å²) in [6.45, 7) is 0.0374. The third-order valence-electron chi connectivity index (χ3n) is 8.07. The van der Waals surface area contributed by atoms with Crippen LogP contribution in [0, 0.1) is 17.8 Å². The van der Waals surface area contributed by atoms with Gasteiger partial charge >= 0.3 is 4.87 Å². The van der Waals surface area contributed by atoms with Gasteiger partial charge in [0, 0.05) is 34.1 Å². The summed E-state index contributed by atoms with van der Waals surface area (Å²) >= 11 is 3.18. The van der Waals surface area contributed by atoms with E-state index in [0.29, 0.717) is 17.1 Å². The van der Waals surface area contributed by atoms with Crippen molar-refractivity contribution >= 4 is 45.5 Å². The zero-order valence-corrected chi connectivity index (χ0v) is 20.7.